The molecular formula is C16H17IrNO2+3. The zero-order valence-corrected chi connectivity index (χ0v) is 13.9. The van der Waals surface area contributed by atoms with Gasteiger partial charge in [0.1, 0.15) is 11.6 Å². The van der Waals surface area contributed by atoms with E-state index in [-0.39, 0.29) is 38.1 Å². The third-order valence-corrected chi connectivity index (χ3v) is 2.23. The molecule has 0 N–H and O–H groups in total. The van der Waals surface area contributed by atoms with Crippen molar-refractivity contribution < 1.29 is 29.7 Å². The van der Waals surface area contributed by atoms with Crippen molar-refractivity contribution in [3.63, 3.8) is 0 Å². The molecule has 0 aliphatic rings. The van der Waals surface area contributed by atoms with Gasteiger partial charge in [-0.2, -0.15) is 0 Å². The summed E-state index contributed by atoms with van der Waals surface area (Å²) >= 11 is 0. The van der Waals surface area contributed by atoms with Gasteiger partial charge in [-0.25, -0.2) is 0 Å². The predicted octanol–water partition coefficient (Wildman–Crippen LogP) is 3.30. The Balaban J connectivity index is 0.000000396. The number of aromatic nitrogens is 1. The second kappa shape index (κ2) is 10.2. The average Bonchev–Trinajstić information content (AvgIpc) is 2.40. The summed E-state index contributed by atoms with van der Waals surface area (Å²) in [5.41, 5.74) is 2.19. The van der Waals surface area contributed by atoms with Crippen LogP contribution in [0.4, 0.5) is 0 Å². The van der Waals surface area contributed by atoms with Crippen LogP contribution in [0.5, 0.6) is 0 Å². The minimum atomic E-state index is -0.0625. The van der Waals surface area contributed by atoms with E-state index in [1.807, 2.05) is 42.6 Å². The van der Waals surface area contributed by atoms with Gasteiger partial charge in [-0.15, -0.1) is 0 Å². The van der Waals surface area contributed by atoms with Crippen molar-refractivity contribution in [3.05, 3.63) is 54.7 Å². The number of hydrogen-bond acceptors (Lipinski definition) is 3. The van der Waals surface area contributed by atoms with Gasteiger partial charge in [0, 0.05) is 11.8 Å². The first-order valence-electron chi connectivity index (χ1n) is 6.05. The van der Waals surface area contributed by atoms with Gasteiger partial charge in [0.15, 0.2) is 0 Å². The van der Waals surface area contributed by atoms with Crippen LogP contribution in [0, 0.1) is 0 Å². The monoisotopic (exact) mass is 448 g/mol. The number of Topliss-reactive ketones (excluding diaryl/α,β-unsaturated/α-hetero) is 2. The Labute approximate surface area is 132 Å². The van der Waals surface area contributed by atoms with E-state index >= 15 is 0 Å². The van der Waals surface area contributed by atoms with Crippen molar-refractivity contribution in [3.8, 4) is 11.3 Å². The molecule has 3 nitrogen and oxygen atoms in total. The standard InChI is InChI=1S/C11H9N.C5H8O2.Ir/c1-2-6-10(7-3-1)11-8-4-5-9-12-11;1-4(6)3-5(2)7;/h1-9H;3H2,1-2H3;/q;;+3. The summed E-state index contributed by atoms with van der Waals surface area (Å²) in [6.45, 7) is 2.81. The molecule has 1 aromatic heterocycles. The van der Waals surface area contributed by atoms with E-state index in [1.165, 1.54) is 13.8 Å². The van der Waals surface area contributed by atoms with Gasteiger partial charge in [-0.1, -0.05) is 36.4 Å². The van der Waals surface area contributed by atoms with Crippen LogP contribution < -0.4 is 0 Å². The van der Waals surface area contributed by atoms with Crippen molar-refractivity contribution in [2.45, 2.75) is 20.3 Å². The zero-order chi connectivity index (χ0) is 14.1. The van der Waals surface area contributed by atoms with Crippen LogP contribution in [-0.2, 0) is 29.7 Å². The van der Waals surface area contributed by atoms with Crippen molar-refractivity contribution in [1.82, 2.24) is 4.98 Å². The van der Waals surface area contributed by atoms with Gasteiger partial charge < -0.3 is 0 Å². The van der Waals surface area contributed by atoms with Crippen LogP contribution in [0.15, 0.2) is 54.7 Å². The van der Waals surface area contributed by atoms with Gasteiger partial charge in [0.05, 0.1) is 12.1 Å². The molecule has 2 rings (SSSR count). The molecule has 0 spiro atoms. The molecule has 0 aliphatic carbocycles. The molecule has 0 bridgehead atoms. The third-order valence-electron chi connectivity index (χ3n) is 2.23. The summed E-state index contributed by atoms with van der Waals surface area (Å²) in [7, 11) is 0. The maximum absolute atomic E-state index is 10.0. The Morgan fingerprint density at radius 1 is 0.900 bits per heavy atom. The molecule has 0 saturated heterocycles. The number of ketones is 2. The van der Waals surface area contributed by atoms with Crippen LogP contribution in [0.1, 0.15) is 20.3 Å². The molecule has 0 saturated carbocycles. The first-order chi connectivity index (χ1) is 9.09. The first-order valence-corrected chi connectivity index (χ1v) is 6.05. The molecule has 20 heavy (non-hydrogen) atoms. The second-order valence-electron chi connectivity index (χ2n) is 4.16. The Kier molecular flexibility index (Phi) is 9.35. The molecule has 4 heteroatoms. The Morgan fingerprint density at radius 3 is 1.85 bits per heavy atom. The first kappa shape index (κ1) is 18.4. The molecule has 1 heterocycles. The maximum Gasteiger partial charge on any atom is 3.00 e. The Bertz CT molecular complexity index is 477. The summed E-state index contributed by atoms with van der Waals surface area (Å²) in [5.74, 6) is -0.125. The van der Waals surface area contributed by atoms with Crippen LogP contribution in [0.2, 0.25) is 0 Å². The smallest absolute Gasteiger partial charge is 0.300 e. The number of benzene rings is 1. The largest absolute Gasteiger partial charge is 3.00 e. The van der Waals surface area contributed by atoms with Gasteiger partial charge in [0.25, 0.3) is 0 Å². The molecule has 2 aromatic rings. The number of carbonyl (C=O) groups excluding carboxylic acids is 2. The summed E-state index contributed by atoms with van der Waals surface area (Å²) in [6.07, 6.45) is 1.89. The fourth-order valence-corrected chi connectivity index (χ4v) is 1.49. The number of hydrogen-bond donors (Lipinski definition) is 0. The van der Waals surface area contributed by atoms with Gasteiger partial charge in [-0.05, 0) is 26.0 Å². The normalized spacial score (nSPS) is 8.70. The van der Waals surface area contributed by atoms with Crippen LogP contribution in [0.3, 0.4) is 0 Å². The maximum atomic E-state index is 10.0. The Morgan fingerprint density at radius 2 is 1.45 bits per heavy atom. The quantitative estimate of drug-likeness (QED) is 0.679. The topological polar surface area (TPSA) is 47.0 Å². The van der Waals surface area contributed by atoms with Crippen molar-refractivity contribution in [2.24, 2.45) is 0 Å². The third kappa shape index (κ3) is 7.72. The molecule has 0 unspecified atom stereocenters. The van der Waals surface area contributed by atoms with Crippen molar-refractivity contribution in [1.29, 1.82) is 0 Å². The van der Waals surface area contributed by atoms with E-state index in [1.54, 1.807) is 0 Å². The summed E-state index contributed by atoms with van der Waals surface area (Å²) in [6, 6.07) is 16.1. The number of nitrogens with zero attached hydrogens (tertiary/aromatic N) is 1. The fourth-order valence-electron chi connectivity index (χ4n) is 1.49. The summed E-state index contributed by atoms with van der Waals surface area (Å²) < 4.78 is 0. The molecule has 0 amide bonds. The van der Waals surface area contributed by atoms with E-state index in [9.17, 15) is 9.59 Å². The minimum absolute atomic E-state index is 0. The van der Waals surface area contributed by atoms with Crippen LogP contribution >= 0.6 is 0 Å². The number of pyridine rings is 1. The predicted molar refractivity (Wildman–Crippen MR) is 75.7 cm³/mol. The van der Waals surface area contributed by atoms with Crippen LogP contribution in [0.25, 0.3) is 11.3 Å². The number of rotatable bonds is 3. The van der Waals surface area contributed by atoms with Crippen LogP contribution in [-0.4, -0.2) is 16.6 Å². The minimum Gasteiger partial charge on any atom is -0.300 e. The van der Waals surface area contributed by atoms with E-state index in [0.29, 0.717) is 0 Å². The summed E-state index contributed by atoms with van der Waals surface area (Å²) in [5, 5.41) is 0. The fraction of sp³-hybridized carbons (Fsp3) is 0.188. The molecule has 0 radical (unpaired) electrons. The molecular weight excluding hydrogens is 430 g/mol. The SMILES string of the molecule is CC(=O)CC(C)=O.[Ir+3].c1ccc(-c2ccccn2)cc1. The van der Waals surface area contributed by atoms with Gasteiger partial charge in [0.2, 0.25) is 0 Å². The Hall–Kier alpha value is -1.64. The summed E-state index contributed by atoms with van der Waals surface area (Å²) in [4.78, 5) is 24.3. The van der Waals surface area contributed by atoms with Crippen molar-refractivity contribution in [2.75, 3.05) is 0 Å². The number of carbonyl (C=O) groups is 2. The second-order valence-corrected chi connectivity index (χ2v) is 4.16. The average molecular weight is 448 g/mol. The van der Waals surface area contributed by atoms with E-state index in [2.05, 4.69) is 17.1 Å². The van der Waals surface area contributed by atoms with E-state index in [0.717, 1.165) is 11.3 Å². The molecule has 0 aliphatic heterocycles. The van der Waals surface area contributed by atoms with Crippen molar-refractivity contribution >= 4 is 11.6 Å². The van der Waals surface area contributed by atoms with E-state index < -0.39 is 0 Å². The zero-order valence-electron chi connectivity index (χ0n) is 11.5. The van der Waals surface area contributed by atoms with E-state index in [4.69, 9.17) is 0 Å². The van der Waals surface area contributed by atoms with Gasteiger partial charge in [-0.3, -0.25) is 14.6 Å². The molecule has 1 aromatic carbocycles. The van der Waals surface area contributed by atoms with Gasteiger partial charge >= 0.3 is 20.1 Å². The molecule has 104 valence electrons. The molecule has 0 fully saturated rings. The molecule has 0 atom stereocenters.